The fourth-order valence-electron chi connectivity index (χ4n) is 3.05. The van der Waals surface area contributed by atoms with Gasteiger partial charge in [-0.15, -0.1) is 11.3 Å². The Morgan fingerprint density at radius 2 is 2.22 bits per heavy atom. The van der Waals surface area contributed by atoms with Crippen molar-refractivity contribution < 1.29 is 9.90 Å². The minimum absolute atomic E-state index is 0.0272. The summed E-state index contributed by atoms with van der Waals surface area (Å²) in [5.74, 6) is 0.361. The van der Waals surface area contributed by atoms with Gasteiger partial charge in [-0.2, -0.15) is 0 Å². The van der Waals surface area contributed by atoms with Crippen molar-refractivity contribution in [2.24, 2.45) is 0 Å². The highest BCUT2D eigenvalue weighted by atomic mass is 32.1. The Balaban J connectivity index is 1.61. The molecule has 23 heavy (non-hydrogen) atoms. The summed E-state index contributed by atoms with van der Waals surface area (Å²) in [6, 6.07) is 9.38. The molecule has 1 saturated heterocycles. The SMILES string of the molecule is Cc1csc(C2CCCN(C(=O)CC(O)c3ccccc3)C2)n1. The number of piperidine rings is 1. The lowest BCUT2D eigenvalue weighted by Crippen LogP contribution is -2.39. The first-order valence-corrected chi connectivity index (χ1v) is 8.94. The molecular formula is C18H22N2O2S. The molecule has 4 nitrogen and oxygen atoms in total. The molecule has 1 N–H and O–H groups in total. The zero-order valence-electron chi connectivity index (χ0n) is 13.3. The molecule has 2 heterocycles. The van der Waals surface area contributed by atoms with Gasteiger partial charge in [-0.3, -0.25) is 4.79 Å². The van der Waals surface area contributed by atoms with Crippen molar-refractivity contribution in [1.82, 2.24) is 9.88 Å². The van der Waals surface area contributed by atoms with Crippen molar-refractivity contribution in [2.75, 3.05) is 13.1 Å². The van der Waals surface area contributed by atoms with E-state index in [4.69, 9.17) is 0 Å². The van der Waals surface area contributed by atoms with Crippen LogP contribution in [0.4, 0.5) is 0 Å². The second-order valence-electron chi connectivity index (χ2n) is 6.14. The molecule has 122 valence electrons. The van der Waals surface area contributed by atoms with Gasteiger partial charge in [0.15, 0.2) is 0 Å². The molecule has 2 atom stereocenters. The molecule has 1 aliphatic heterocycles. The van der Waals surface area contributed by atoms with Crippen molar-refractivity contribution in [3.63, 3.8) is 0 Å². The predicted octanol–water partition coefficient (Wildman–Crippen LogP) is 3.28. The first-order valence-electron chi connectivity index (χ1n) is 8.06. The number of thiazole rings is 1. The number of aliphatic hydroxyl groups excluding tert-OH is 1. The molecule has 2 aromatic rings. The maximum atomic E-state index is 12.5. The van der Waals surface area contributed by atoms with Crippen LogP contribution in [0.1, 0.15) is 47.5 Å². The van der Waals surface area contributed by atoms with E-state index in [-0.39, 0.29) is 12.3 Å². The summed E-state index contributed by atoms with van der Waals surface area (Å²) in [7, 11) is 0. The number of likely N-dealkylation sites (tertiary alicyclic amines) is 1. The lowest BCUT2D eigenvalue weighted by Gasteiger charge is -2.32. The van der Waals surface area contributed by atoms with E-state index in [0.717, 1.165) is 35.7 Å². The fraction of sp³-hybridized carbons (Fsp3) is 0.444. The Hall–Kier alpha value is -1.72. The van der Waals surface area contributed by atoms with Crippen LogP contribution >= 0.6 is 11.3 Å². The highest BCUT2D eigenvalue weighted by molar-refractivity contribution is 7.09. The Morgan fingerprint density at radius 3 is 2.91 bits per heavy atom. The topological polar surface area (TPSA) is 53.4 Å². The summed E-state index contributed by atoms with van der Waals surface area (Å²) in [6.45, 7) is 3.50. The van der Waals surface area contributed by atoms with Crippen molar-refractivity contribution in [3.05, 3.63) is 52.0 Å². The third-order valence-corrected chi connectivity index (χ3v) is 5.44. The van der Waals surface area contributed by atoms with E-state index in [2.05, 4.69) is 10.4 Å². The highest BCUT2D eigenvalue weighted by Gasteiger charge is 2.27. The lowest BCUT2D eigenvalue weighted by molar-refractivity contribution is -0.134. The van der Waals surface area contributed by atoms with E-state index < -0.39 is 6.10 Å². The molecule has 0 saturated carbocycles. The number of carbonyl (C=O) groups excluding carboxylic acids is 1. The standard InChI is InChI=1S/C18H22N2O2S/c1-13-12-23-18(19-13)15-8-5-9-20(11-15)17(22)10-16(21)14-6-3-2-4-7-14/h2-4,6-7,12,15-16,21H,5,8-11H2,1H3. The maximum Gasteiger partial charge on any atom is 0.225 e. The number of carbonyl (C=O) groups is 1. The minimum atomic E-state index is -0.730. The van der Waals surface area contributed by atoms with E-state index >= 15 is 0 Å². The molecule has 0 spiro atoms. The molecule has 1 aromatic heterocycles. The van der Waals surface area contributed by atoms with Gasteiger partial charge in [0.2, 0.25) is 5.91 Å². The van der Waals surface area contributed by atoms with Crippen LogP contribution in [0.5, 0.6) is 0 Å². The van der Waals surface area contributed by atoms with Gasteiger partial charge in [-0.1, -0.05) is 30.3 Å². The van der Waals surface area contributed by atoms with Crippen LogP contribution in [-0.2, 0) is 4.79 Å². The molecular weight excluding hydrogens is 308 g/mol. The maximum absolute atomic E-state index is 12.5. The Labute approximate surface area is 140 Å². The molecule has 1 fully saturated rings. The van der Waals surface area contributed by atoms with Gasteiger partial charge < -0.3 is 10.0 Å². The fourth-order valence-corrected chi connectivity index (χ4v) is 3.98. The summed E-state index contributed by atoms with van der Waals surface area (Å²) in [4.78, 5) is 19.0. The predicted molar refractivity (Wildman–Crippen MR) is 91.4 cm³/mol. The Bertz CT molecular complexity index is 656. The van der Waals surface area contributed by atoms with Gasteiger partial charge in [-0.25, -0.2) is 4.98 Å². The minimum Gasteiger partial charge on any atom is -0.388 e. The van der Waals surface area contributed by atoms with Crippen molar-refractivity contribution in [3.8, 4) is 0 Å². The third-order valence-electron chi connectivity index (χ3n) is 4.31. The Morgan fingerprint density at radius 1 is 1.43 bits per heavy atom. The van der Waals surface area contributed by atoms with Crippen molar-refractivity contribution in [1.29, 1.82) is 0 Å². The number of benzene rings is 1. The zero-order valence-corrected chi connectivity index (χ0v) is 14.1. The third kappa shape index (κ3) is 3.98. The smallest absolute Gasteiger partial charge is 0.225 e. The number of rotatable bonds is 4. The number of aliphatic hydroxyl groups is 1. The summed E-state index contributed by atoms with van der Waals surface area (Å²) in [5, 5.41) is 13.4. The van der Waals surface area contributed by atoms with Crippen LogP contribution < -0.4 is 0 Å². The molecule has 0 bridgehead atoms. The molecule has 1 aromatic carbocycles. The first kappa shape index (κ1) is 16.1. The van der Waals surface area contributed by atoms with Crippen LogP contribution in [0.2, 0.25) is 0 Å². The summed E-state index contributed by atoms with van der Waals surface area (Å²) < 4.78 is 0. The van der Waals surface area contributed by atoms with Gasteiger partial charge in [0.05, 0.1) is 17.5 Å². The second kappa shape index (κ2) is 7.23. The molecule has 2 unspecified atom stereocenters. The molecule has 0 aliphatic carbocycles. The van der Waals surface area contributed by atoms with Gasteiger partial charge in [-0.05, 0) is 25.3 Å². The lowest BCUT2D eigenvalue weighted by atomic mass is 9.97. The largest absolute Gasteiger partial charge is 0.388 e. The van der Waals surface area contributed by atoms with E-state index in [1.807, 2.05) is 42.2 Å². The average molecular weight is 330 g/mol. The number of amides is 1. The van der Waals surface area contributed by atoms with E-state index in [1.165, 1.54) is 0 Å². The Kier molecular flexibility index (Phi) is 5.08. The number of hydrogen-bond acceptors (Lipinski definition) is 4. The summed E-state index contributed by atoms with van der Waals surface area (Å²) in [5.41, 5.74) is 1.85. The average Bonchev–Trinajstić information content (AvgIpc) is 3.02. The van der Waals surface area contributed by atoms with Gasteiger partial charge in [0.25, 0.3) is 0 Å². The number of aryl methyl sites for hydroxylation is 1. The van der Waals surface area contributed by atoms with Crippen LogP contribution in [0.15, 0.2) is 35.7 Å². The second-order valence-corrected chi connectivity index (χ2v) is 7.03. The number of aromatic nitrogens is 1. The summed E-state index contributed by atoms with van der Waals surface area (Å²) >= 11 is 1.68. The monoisotopic (exact) mass is 330 g/mol. The normalized spacial score (nSPS) is 19.6. The van der Waals surface area contributed by atoms with Crippen molar-refractivity contribution >= 4 is 17.2 Å². The van der Waals surface area contributed by atoms with Crippen molar-refractivity contribution in [2.45, 2.75) is 38.2 Å². The number of nitrogens with zero attached hydrogens (tertiary/aromatic N) is 2. The molecule has 5 heteroatoms. The van der Waals surface area contributed by atoms with E-state index in [1.54, 1.807) is 11.3 Å². The summed E-state index contributed by atoms with van der Waals surface area (Å²) in [6.07, 6.45) is 1.49. The van der Waals surface area contributed by atoms with Gasteiger partial charge in [0, 0.05) is 30.1 Å². The van der Waals surface area contributed by atoms with E-state index in [0.29, 0.717) is 12.5 Å². The zero-order chi connectivity index (χ0) is 16.2. The molecule has 3 rings (SSSR count). The number of hydrogen-bond donors (Lipinski definition) is 1. The quantitative estimate of drug-likeness (QED) is 0.936. The van der Waals surface area contributed by atoms with Gasteiger partial charge >= 0.3 is 0 Å². The van der Waals surface area contributed by atoms with Crippen LogP contribution in [0.3, 0.4) is 0 Å². The van der Waals surface area contributed by atoms with Crippen LogP contribution in [0.25, 0.3) is 0 Å². The van der Waals surface area contributed by atoms with E-state index in [9.17, 15) is 9.90 Å². The molecule has 0 radical (unpaired) electrons. The van der Waals surface area contributed by atoms with Crippen LogP contribution in [-0.4, -0.2) is 34.0 Å². The van der Waals surface area contributed by atoms with Gasteiger partial charge in [0.1, 0.15) is 0 Å². The highest BCUT2D eigenvalue weighted by Crippen LogP contribution is 2.30. The van der Waals surface area contributed by atoms with Crippen LogP contribution in [0, 0.1) is 6.92 Å². The molecule has 1 aliphatic rings. The first-order chi connectivity index (χ1) is 11.1. The molecule has 1 amide bonds.